The summed E-state index contributed by atoms with van der Waals surface area (Å²) >= 11 is 0. The van der Waals surface area contributed by atoms with Gasteiger partial charge in [-0.3, -0.25) is 19.2 Å². The van der Waals surface area contributed by atoms with Gasteiger partial charge in [0.05, 0.1) is 13.2 Å². The Morgan fingerprint density at radius 1 is 1.12 bits per heavy atom. The number of aromatic nitrogens is 1. The number of rotatable bonds is 3. The molecule has 34 heavy (non-hydrogen) atoms. The smallest absolute Gasteiger partial charge is 0.290 e. The van der Waals surface area contributed by atoms with Crippen LogP contribution in [-0.4, -0.2) is 46.9 Å². The normalized spacial score (nSPS) is 20.2. The van der Waals surface area contributed by atoms with Crippen LogP contribution in [0.15, 0.2) is 71.5 Å². The number of carboxylic acid groups (broad SMARTS) is 1. The average molecular weight is 461 g/mol. The van der Waals surface area contributed by atoms with Crippen molar-refractivity contribution < 1.29 is 24.2 Å². The maximum atomic E-state index is 13.5. The fourth-order valence-corrected chi connectivity index (χ4v) is 4.91. The molecule has 0 bridgehead atoms. The molecule has 0 radical (unpaired) electrons. The Hall–Kier alpha value is -4.40. The van der Waals surface area contributed by atoms with E-state index in [0.717, 1.165) is 16.8 Å². The number of benzene rings is 2. The highest BCUT2D eigenvalue weighted by atomic mass is 16.5. The van der Waals surface area contributed by atoms with E-state index in [2.05, 4.69) is 10.3 Å². The Bertz CT molecular complexity index is 1300. The molecule has 5 rings (SSSR count). The maximum Gasteiger partial charge on any atom is 0.290 e. The lowest BCUT2D eigenvalue weighted by Crippen LogP contribution is -2.43. The van der Waals surface area contributed by atoms with E-state index in [0.29, 0.717) is 18.7 Å². The molecule has 9 heteroatoms. The number of H-pyrrole nitrogens is 1. The second-order valence-electron chi connectivity index (χ2n) is 7.93. The van der Waals surface area contributed by atoms with Gasteiger partial charge in [-0.15, -0.1) is 0 Å². The highest BCUT2D eigenvalue weighted by molar-refractivity contribution is 6.08. The molecule has 3 aromatic rings. The van der Waals surface area contributed by atoms with Gasteiger partial charge in [-0.05, 0) is 41.8 Å². The molecular formula is C25H23N3O6. The molecule has 2 aliphatic rings. The van der Waals surface area contributed by atoms with E-state index < -0.39 is 11.5 Å². The lowest BCUT2D eigenvalue weighted by atomic mass is 9.72. The summed E-state index contributed by atoms with van der Waals surface area (Å²) in [6.07, 6.45) is 0.473. The van der Waals surface area contributed by atoms with Gasteiger partial charge in [0.2, 0.25) is 11.5 Å². The predicted molar refractivity (Wildman–Crippen MR) is 124 cm³/mol. The molecule has 0 aliphatic carbocycles. The van der Waals surface area contributed by atoms with Gasteiger partial charge in [-0.25, -0.2) is 0 Å². The van der Waals surface area contributed by atoms with Gasteiger partial charge in [0, 0.05) is 18.3 Å². The number of anilines is 1. The molecule has 2 aromatic carbocycles. The predicted octanol–water partition coefficient (Wildman–Crippen LogP) is 2.56. The number of para-hydroxylation sites is 1. The van der Waals surface area contributed by atoms with Gasteiger partial charge in [-0.1, -0.05) is 36.4 Å². The highest BCUT2D eigenvalue weighted by Crippen LogP contribution is 2.55. The molecule has 1 aromatic heterocycles. The molecule has 174 valence electrons. The van der Waals surface area contributed by atoms with Gasteiger partial charge in [-0.2, -0.15) is 0 Å². The number of nitrogens with one attached hydrogen (secondary N) is 2. The number of nitrogens with zero attached hydrogens (tertiary/aromatic N) is 1. The number of amides is 2. The van der Waals surface area contributed by atoms with Crippen LogP contribution in [0.1, 0.15) is 34.1 Å². The summed E-state index contributed by atoms with van der Waals surface area (Å²) in [4.78, 5) is 51.4. The van der Waals surface area contributed by atoms with Crippen LogP contribution in [0.2, 0.25) is 0 Å². The fraction of sp³-hybridized carbons (Fsp3) is 0.200. The van der Waals surface area contributed by atoms with Gasteiger partial charge in [0.1, 0.15) is 16.9 Å². The number of aromatic amines is 1. The minimum atomic E-state index is -0.923. The van der Waals surface area contributed by atoms with Crippen molar-refractivity contribution in [3.05, 3.63) is 93.9 Å². The standard InChI is InChI=1S/C24H21N3O4.CH2O2/c1-31-16-7-4-6-15(14-16)21-24(17-8-2-3-9-18(17)26-23(24)30)12-13-27(21)22(29)19-10-5-11-20(28)25-19;2-1-3/h2-11,14,21H,12-13H2,1H3,(H,25,28)(H,26,30);1H,(H,2,3)/t21-,24+;/m0./s1. The van der Waals surface area contributed by atoms with Crippen molar-refractivity contribution >= 4 is 24.0 Å². The number of hydrogen-bond acceptors (Lipinski definition) is 5. The maximum absolute atomic E-state index is 13.5. The topological polar surface area (TPSA) is 129 Å². The zero-order chi connectivity index (χ0) is 24.3. The number of likely N-dealkylation sites (tertiary alicyclic amines) is 1. The van der Waals surface area contributed by atoms with Crippen molar-refractivity contribution in [3.63, 3.8) is 0 Å². The Kier molecular flexibility index (Phi) is 6.18. The molecule has 1 saturated heterocycles. The lowest BCUT2D eigenvalue weighted by molar-refractivity contribution is -0.123. The summed E-state index contributed by atoms with van der Waals surface area (Å²) in [6.45, 7) is 0.124. The highest BCUT2D eigenvalue weighted by Gasteiger charge is 2.59. The molecular weight excluding hydrogens is 438 g/mol. The monoisotopic (exact) mass is 461 g/mol. The largest absolute Gasteiger partial charge is 0.497 e. The molecule has 0 unspecified atom stereocenters. The number of ether oxygens (including phenoxy) is 1. The first-order valence-corrected chi connectivity index (χ1v) is 10.6. The first kappa shape index (κ1) is 22.8. The van der Waals surface area contributed by atoms with E-state index in [4.69, 9.17) is 14.6 Å². The molecule has 0 saturated carbocycles. The molecule has 9 nitrogen and oxygen atoms in total. The molecule has 2 aliphatic heterocycles. The summed E-state index contributed by atoms with van der Waals surface area (Å²) in [6, 6.07) is 19.0. The third-order valence-electron chi connectivity index (χ3n) is 6.26. The summed E-state index contributed by atoms with van der Waals surface area (Å²) in [5.74, 6) is 0.199. The first-order valence-electron chi connectivity index (χ1n) is 10.6. The van der Waals surface area contributed by atoms with Gasteiger partial charge < -0.3 is 25.0 Å². The Morgan fingerprint density at radius 3 is 2.59 bits per heavy atom. The van der Waals surface area contributed by atoms with Crippen LogP contribution in [0.4, 0.5) is 5.69 Å². The SMILES string of the molecule is COc1cccc([C@@H]2N(C(=O)c3cccc(=O)[nH]3)CC[C@]23C(=O)Nc2ccccc23)c1.O=CO. The summed E-state index contributed by atoms with van der Waals surface area (Å²) in [5.41, 5.74) is 1.38. The Morgan fingerprint density at radius 2 is 1.85 bits per heavy atom. The number of hydrogen-bond donors (Lipinski definition) is 3. The van der Waals surface area contributed by atoms with Crippen LogP contribution in [0.25, 0.3) is 0 Å². The molecule has 1 fully saturated rings. The number of carbonyl (C=O) groups excluding carboxylic acids is 2. The van der Waals surface area contributed by atoms with Crippen molar-refractivity contribution in [1.82, 2.24) is 9.88 Å². The summed E-state index contributed by atoms with van der Waals surface area (Å²) in [5, 5.41) is 9.89. The Balaban J connectivity index is 0.000000868. The summed E-state index contributed by atoms with van der Waals surface area (Å²) in [7, 11) is 1.58. The number of pyridine rings is 1. The van der Waals surface area contributed by atoms with Crippen LogP contribution < -0.4 is 15.6 Å². The van der Waals surface area contributed by atoms with Crippen molar-refractivity contribution in [2.45, 2.75) is 17.9 Å². The average Bonchev–Trinajstić information content (AvgIpc) is 3.38. The quantitative estimate of drug-likeness (QED) is 0.514. The molecule has 1 spiro atoms. The second kappa shape index (κ2) is 9.22. The van der Waals surface area contributed by atoms with E-state index in [1.165, 1.54) is 6.07 Å². The van der Waals surface area contributed by atoms with Crippen molar-refractivity contribution in [2.75, 3.05) is 19.0 Å². The van der Waals surface area contributed by atoms with Crippen LogP contribution in [0, 0.1) is 0 Å². The number of methoxy groups -OCH3 is 1. The van der Waals surface area contributed by atoms with E-state index >= 15 is 0 Å². The van der Waals surface area contributed by atoms with Crippen LogP contribution in [0.5, 0.6) is 5.75 Å². The first-order chi connectivity index (χ1) is 16.5. The molecule has 3 N–H and O–H groups in total. The molecule has 2 amide bonds. The van der Waals surface area contributed by atoms with Crippen molar-refractivity contribution in [1.29, 1.82) is 0 Å². The lowest BCUT2D eigenvalue weighted by Gasteiger charge is -2.34. The van der Waals surface area contributed by atoms with Crippen LogP contribution in [-0.2, 0) is 15.0 Å². The minimum absolute atomic E-state index is 0.127. The van der Waals surface area contributed by atoms with E-state index in [1.807, 2.05) is 48.5 Å². The zero-order valence-corrected chi connectivity index (χ0v) is 18.4. The number of carbonyl (C=O) groups is 3. The zero-order valence-electron chi connectivity index (χ0n) is 18.4. The van der Waals surface area contributed by atoms with Gasteiger partial charge in [0.15, 0.2) is 0 Å². The number of fused-ring (bicyclic) bond motifs is 2. The van der Waals surface area contributed by atoms with Crippen molar-refractivity contribution in [3.8, 4) is 5.75 Å². The summed E-state index contributed by atoms with van der Waals surface area (Å²) < 4.78 is 5.41. The van der Waals surface area contributed by atoms with E-state index in [9.17, 15) is 14.4 Å². The second-order valence-corrected chi connectivity index (χ2v) is 7.93. The Labute approximate surface area is 195 Å². The third kappa shape index (κ3) is 3.71. The van der Waals surface area contributed by atoms with Crippen LogP contribution >= 0.6 is 0 Å². The van der Waals surface area contributed by atoms with Gasteiger partial charge >= 0.3 is 0 Å². The van der Waals surface area contributed by atoms with E-state index in [1.54, 1.807) is 24.1 Å². The molecule has 3 heterocycles. The third-order valence-corrected chi connectivity index (χ3v) is 6.26. The fourth-order valence-electron chi connectivity index (χ4n) is 4.91. The van der Waals surface area contributed by atoms with Crippen molar-refractivity contribution in [2.24, 2.45) is 0 Å². The minimum Gasteiger partial charge on any atom is -0.497 e. The van der Waals surface area contributed by atoms with E-state index in [-0.39, 0.29) is 29.5 Å². The van der Waals surface area contributed by atoms with Crippen LogP contribution in [0.3, 0.4) is 0 Å². The molecule has 2 atom stereocenters. The van der Waals surface area contributed by atoms with Gasteiger partial charge in [0.25, 0.3) is 12.4 Å².